The molecule has 1 aliphatic heterocycles. The van der Waals surface area contributed by atoms with Crippen molar-refractivity contribution < 1.29 is 4.79 Å². The summed E-state index contributed by atoms with van der Waals surface area (Å²) in [4.78, 5) is 17.5. The van der Waals surface area contributed by atoms with Crippen LogP contribution in [-0.4, -0.2) is 48.4 Å². The van der Waals surface area contributed by atoms with Gasteiger partial charge in [-0.1, -0.05) is 65.8 Å². The molecule has 1 heterocycles. The number of hydrogen-bond donors (Lipinski definition) is 0. The predicted molar refractivity (Wildman–Crippen MR) is 136 cm³/mol. The molecule has 32 heavy (non-hydrogen) atoms. The highest BCUT2D eigenvalue weighted by atomic mass is 16.2. The Morgan fingerprint density at radius 2 is 1.81 bits per heavy atom. The van der Waals surface area contributed by atoms with Crippen LogP contribution in [0.2, 0.25) is 0 Å². The zero-order valence-corrected chi connectivity index (χ0v) is 21.9. The van der Waals surface area contributed by atoms with Gasteiger partial charge in [0.2, 0.25) is 5.91 Å². The summed E-state index contributed by atoms with van der Waals surface area (Å²) < 4.78 is 0. The highest BCUT2D eigenvalue weighted by molar-refractivity contribution is 5.76. The van der Waals surface area contributed by atoms with Crippen LogP contribution in [0.15, 0.2) is 24.3 Å². The molecule has 3 heteroatoms. The molecule has 0 bridgehead atoms. The maximum absolute atomic E-state index is 12.6. The third kappa shape index (κ3) is 5.95. The minimum absolute atomic E-state index is 0.0745. The standard InChI is InChI=1S/C29H48N2O/c1-8-24-11-9-10-12-25(24)29(6)16-13-22(2)19-26(29)30(7)21-23-14-17-31(18-15-23)27(32)20-28(3,4)5/h9-12,22-23,26H,8,13-21H2,1-7H3/t22?,26-,29+/m0/s1. The monoisotopic (exact) mass is 440 g/mol. The molecule has 2 aliphatic rings. The number of nitrogens with zero attached hydrogens (tertiary/aromatic N) is 2. The minimum Gasteiger partial charge on any atom is -0.343 e. The number of rotatable bonds is 6. The molecule has 3 rings (SSSR count). The van der Waals surface area contributed by atoms with Crippen LogP contribution in [0, 0.1) is 17.3 Å². The Kier molecular flexibility index (Phi) is 8.12. The Bertz CT molecular complexity index is 759. The zero-order valence-electron chi connectivity index (χ0n) is 21.9. The average molecular weight is 441 g/mol. The number of likely N-dealkylation sites (N-methyl/N-ethyl adjacent to an activating group) is 1. The number of amides is 1. The van der Waals surface area contributed by atoms with Crippen molar-refractivity contribution in [3.8, 4) is 0 Å². The lowest BCUT2D eigenvalue weighted by atomic mass is 9.63. The van der Waals surface area contributed by atoms with E-state index in [-0.39, 0.29) is 10.8 Å². The Balaban J connectivity index is 1.66. The Labute approximate surface area is 197 Å². The summed E-state index contributed by atoms with van der Waals surface area (Å²) in [6.07, 6.45) is 7.95. The molecule has 1 amide bonds. The lowest BCUT2D eigenvalue weighted by Crippen LogP contribution is -2.53. The van der Waals surface area contributed by atoms with Crippen LogP contribution in [0.4, 0.5) is 0 Å². The number of piperidine rings is 1. The number of hydrogen-bond acceptors (Lipinski definition) is 2. The first-order chi connectivity index (χ1) is 15.0. The van der Waals surface area contributed by atoms with Crippen LogP contribution in [0.25, 0.3) is 0 Å². The van der Waals surface area contributed by atoms with E-state index in [0.717, 1.165) is 44.8 Å². The maximum atomic E-state index is 12.6. The van der Waals surface area contributed by atoms with E-state index in [1.807, 2.05) is 0 Å². The molecule has 180 valence electrons. The topological polar surface area (TPSA) is 23.6 Å². The van der Waals surface area contributed by atoms with Crippen molar-refractivity contribution >= 4 is 5.91 Å². The van der Waals surface area contributed by atoms with E-state index in [2.05, 4.69) is 82.7 Å². The minimum atomic E-state index is 0.0745. The van der Waals surface area contributed by atoms with Crippen LogP contribution in [-0.2, 0) is 16.6 Å². The largest absolute Gasteiger partial charge is 0.343 e. The van der Waals surface area contributed by atoms with Gasteiger partial charge in [0.05, 0.1) is 0 Å². The number of carbonyl (C=O) groups excluding carboxylic acids is 1. The van der Waals surface area contributed by atoms with E-state index >= 15 is 0 Å². The molecule has 1 aromatic rings. The first kappa shape index (κ1) is 25.3. The SMILES string of the molecule is CCc1ccccc1[C@@]1(C)CCC(C)C[C@@H]1N(C)CC1CCN(C(=O)CC(C)(C)C)CC1. The van der Waals surface area contributed by atoms with Crippen LogP contribution in [0.1, 0.15) is 91.2 Å². The smallest absolute Gasteiger partial charge is 0.223 e. The van der Waals surface area contributed by atoms with Crippen LogP contribution < -0.4 is 0 Å². The van der Waals surface area contributed by atoms with Gasteiger partial charge in [-0.3, -0.25) is 4.79 Å². The zero-order chi connectivity index (χ0) is 23.5. The van der Waals surface area contributed by atoms with Gasteiger partial charge >= 0.3 is 0 Å². The molecule has 0 aromatic heterocycles. The lowest BCUT2D eigenvalue weighted by Gasteiger charge is -2.50. The van der Waals surface area contributed by atoms with Crippen molar-refractivity contribution in [3.63, 3.8) is 0 Å². The summed E-state index contributed by atoms with van der Waals surface area (Å²) >= 11 is 0. The fourth-order valence-corrected chi connectivity index (χ4v) is 6.30. The van der Waals surface area contributed by atoms with Crippen LogP contribution in [0.5, 0.6) is 0 Å². The molecule has 2 fully saturated rings. The van der Waals surface area contributed by atoms with E-state index in [4.69, 9.17) is 0 Å². The van der Waals surface area contributed by atoms with E-state index in [0.29, 0.717) is 24.3 Å². The second kappa shape index (κ2) is 10.3. The quantitative estimate of drug-likeness (QED) is 0.518. The molecule has 1 aromatic carbocycles. The van der Waals surface area contributed by atoms with Crippen molar-refractivity contribution in [1.82, 2.24) is 9.80 Å². The van der Waals surface area contributed by atoms with Crippen molar-refractivity contribution in [1.29, 1.82) is 0 Å². The van der Waals surface area contributed by atoms with Gasteiger partial charge in [0.25, 0.3) is 0 Å². The fraction of sp³-hybridized carbons (Fsp3) is 0.759. The highest BCUT2D eigenvalue weighted by Crippen LogP contribution is 2.45. The van der Waals surface area contributed by atoms with Gasteiger partial charge in [0.1, 0.15) is 0 Å². The Hall–Kier alpha value is -1.35. The Morgan fingerprint density at radius 1 is 1.16 bits per heavy atom. The van der Waals surface area contributed by atoms with E-state index in [1.54, 1.807) is 5.56 Å². The van der Waals surface area contributed by atoms with E-state index in [1.165, 1.54) is 24.8 Å². The van der Waals surface area contributed by atoms with Crippen molar-refractivity contribution in [3.05, 3.63) is 35.4 Å². The molecule has 0 spiro atoms. The molecule has 1 aliphatic carbocycles. The average Bonchev–Trinajstić information content (AvgIpc) is 2.74. The summed E-state index contributed by atoms with van der Waals surface area (Å²) in [7, 11) is 2.37. The van der Waals surface area contributed by atoms with Crippen LogP contribution >= 0.6 is 0 Å². The number of aryl methyl sites for hydroxylation is 1. The third-order valence-electron chi connectivity index (χ3n) is 8.26. The fourth-order valence-electron chi connectivity index (χ4n) is 6.30. The van der Waals surface area contributed by atoms with E-state index in [9.17, 15) is 4.79 Å². The second-order valence-corrected chi connectivity index (χ2v) is 12.3. The number of likely N-dealkylation sites (tertiary alicyclic amines) is 1. The first-order valence-electron chi connectivity index (χ1n) is 13.1. The summed E-state index contributed by atoms with van der Waals surface area (Å²) in [5.74, 6) is 1.83. The van der Waals surface area contributed by atoms with Gasteiger partial charge in [0, 0.05) is 37.5 Å². The maximum Gasteiger partial charge on any atom is 0.223 e. The summed E-state index contributed by atoms with van der Waals surface area (Å²) in [6.45, 7) is 16.8. The molecular formula is C29H48N2O. The van der Waals surface area contributed by atoms with Gasteiger partial charge in [-0.15, -0.1) is 0 Å². The van der Waals surface area contributed by atoms with Gasteiger partial charge < -0.3 is 9.80 Å². The van der Waals surface area contributed by atoms with Crippen molar-refractivity contribution in [2.75, 3.05) is 26.7 Å². The molecule has 3 atom stereocenters. The molecule has 0 N–H and O–H groups in total. The van der Waals surface area contributed by atoms with Gasteiger partial charge in [-0.05, 0) is 74.0 Å². The molecule has 3 nitrogen and oxygen atoms in total. The van der Waals surface area contributed by atoms with Gasteiger partial charge in [0.15, 0.2) is 0 Å². The number of benzene rings is 1. The first-order valence-corrected chi connectivity index (χ1v) is 13.1. The molecular weight excluding hydrogens is 392 g/mol. The molecule has 1 saturated carbocycles. The van der Waals surface area contributed by atoms with Crippen LogP contribution in [0.3, 0.4) is 0 Å². The normalized spacial score (nSPS) is 27.7. The summed E-state index contributed by atoms with van der Waals surface area (Å²) in [6, 6.07) is 9.75. The lowest BCUT2D eigenvalue weighted by molar-refractivity contribution is -0.134. The third-order valence-corrected chi connectivity index (χ3v) is 8.26. The van der Waals surface area contributed by atoms with Gasteiger partial charge in [-0.2, -0.15) is 0 Å². The Morgan fingerprint density at radius 3 is 2.44 bits per heavy atom. The molecule has 0 radical (unpaired) electrons. The summed E-state index contributed by atoms with van der Waals surface area (Å²) in [5.41, 5.74) is 3.39. The van der Waals surface area contributed by atoms with E-state index < -0.39 is 0 Å². The molecule has 1 saturated heterocycles. The highest BCUT2D eigenvalue weighted by Gasteiger charge is 2.43. The predicted octanol–water partition coefficient (Wildman–Crippen LogP) is 6.30. The molecule has 1 unspecified atom stereocenters. The second-order valence-electron chi connectivity index (χ2n) is 12.3. The summed E-state index contributed by atoms with van der Waals surface area (Å²) in [5, 5.41) is 0. The number of carbonyl (C=O) groups is 1. The van der Waals surface area contributed by atoms with Gasteiger partial charge in [-0.25, -0.2) is 0 Å². The van der Waals surface area contributed by atoms with Crippen molar-refractivity contribution in [2.45, 2.75) is 97.9 Å². The van der Waals surface area contributed by atoms with Crippen molar-refractivity contribution in [2.24, 2.45) is 17.3 Å².